The Labute approximate surface area is 187 Å². The highest BCUT2D eigenvalue weighted by atomic mass is 32.2. The maximum atomic E-state index is 12.2. The molecule has 32 heavy (non-hydrogen) atoms. The first-order chi connectivity index (χ1) is 15.5. The second kappa shape index (κ2) is 9.52. The molecule has 1 aliphatic heterocycles. The number of aromatic nitrogens is 2. The van der Waals surface area contributed by atoms with Gasteiger partial charge in [0.2, 0.25) is 5.91 Å². The lowest BCUT2D eigenvalue weighted by atomic mass is 10.2. The van der Waals surface area contributed by atoms with Gasteiger partial charge in [0.25, 0.3) is 10.0 Å². The molecule has 2 heterocycles. The summed E-state index contributed by atoms with van der Waals surface area (Å²) in [6, 6.07) is 14.8. The Balaban J connectivity index is 1.20. The molecule has 3 aromatic rings. The molecule has 1 aliphatic rings. The second-order valence-electron chi connectivity index (χ2n) is 7.68. The molecule has 0 bridgehead atoms. The van der Waals surface area contributed by atoms with E-state index in [4.69, 9.17) is 0 Å². The minimum absolute atomic E-state index is 0.00324. The van der Waals surface area contributed by atoms with E-state index in [0.717, 1.165) is 42.7 Å². The number of aryl methyl sites for hydroxylation is 1. The van der Waals surface area contributed by atoms with Crippen molar-refractivity contribution in [3.05, 3.63) is 59.9 Å². The maximum absolute atomic E-state index is 12.2. The molecule has 2 aromatic carbocycles. The minimum Gasteiger partial charge on any atom is -0.349 e. The first kappa shape index (κ1) is 22.0. The summed E-state index contributed by atoms with van der Waals surface area (Å²) < 4.78 is 28.8. The van der Waals surface area contributed by atoms with Crippen molar-refractivity contribution in [3.8, 4) is 0 Å². The molecular weight excluding hydrogens is 426 g/mol. The number of imidazole rings is 1. The maximum Gasteiger partial charge on any atom is 0.263 e. The summed E-state index contributed by atoms with van der Waals surface area (Å²) >= 11 is 0. The van der Waals surface area contributed by atoms with Gasteiger partial charge in [0.15, 0.2) is 0 Å². The molecule has 0 saturated heterocycles. The zero-order valence-corrected chi connectivity index (χ0v) is 18.9. The molecule has 4 rings (SSSR count). The van der Waals surface area contributed by atoms with Gasteiger partial charge in [-0.1, -0.05) is 30.7 Å². The van der Waals surface area contributed by atoms with E-state index in [0.29, 0.717) is 30.9 Å². The van der Waals surface area contributed by atoms with Gasteiger partial charge in [0.1, 0.15) is 11.7 Å². The molecule has 0 atom stereocenters. The number of sulfonamides is 1. The number of hydrogen-bond acceptors (Lipinski definition) is 5. The third kappa shape index (κ3) is 4.67. The van der Waals surface area contributed by atoms with Crippen LogP contribution in [0.1, 0.15) is 44.0 Å². The van der Waals surface area contributed by atoms with Gasteiger partial charge < -0.3 is 9.88 Å². The van der Waals surface area contributed by atoms with Crippen molar-refractivity contribution in [1.29, 1.82) is 0 Å². The number of hydrogen-bond donors (Lipinski definition) is 2. The average Bonchev–Trinajstić information content (AvgIpc) is 3.28. The Bertz CT molecular complexity index is 1260. The normalized spacial score (nSPS) is 15.6. The van der Waals surface area contributed by atoms with Crippen molar-refractivity contribution in [3.63, 3.8) is 0 Å². The summed E-state index contributed by atoms with van der Waals surface area (Å²) in [5.41, 5.74) is 2.63. The SMILES string of the molecule is CCn1c(CNC(=O)CCCCCN=C2NS(=O)(=O)c3ccccc32)nc2ccccc21. The van der Waals surface area contributed by atoms with Gasteiger partial charge in [0.05, 0.1) is 22.5 Å². The third-order valence-corrected chi connectivity index (χ3v) is 6.89. The van der Waals surface area contributed by atoms with Crippen LogP contribution in [0.2, 0.25) is 0 Å². The number of benzene rings is 2. The predicted octanol–water partition coefficient (Wildman–Crippen LogP) is 2.97. The largest absolute Gasteiger partial charge is 0.349 e. The summed E-state index contributed by atoms with van der Waals surface area (Å²) in [6.45, 7) is 3.79. The zero-order chi connectivity index (χ0) is 22.6. The predicted molar refractivity (Wildman–Crippen MR) is 124 cm³/mol. The summed E-state index contributed by atoms with van der Waals surface area (Å²) in [5, 5.41) is 2.96. The quantitative estimate of drug-likeness (QED) is 0.486. The molecule has 0 radical (unpaired) electrons. The highest BCUT2D eigenvalue weighted by molar-refractivity contribution is 7.90. The smallest absolute Gasteiger partial charge is 0.263 e. The number of unbranched alkanes of at least 4 members (excludes halogenated alkanes) is 2. The molecule has 0 unspecified atom stereocenters. The topological polar surface area (TPSA) is 105 Å². The number of carbonyl (C=O) groups excluding carboxylic acids is 1. The molecule has 0 spiro atoms. The number of para-hydroxylation sites is 2. The fourth-order valence-corrected chi connectivity index (χ4v) is 5.15. The van der Waals surface area contributed by atoms with Crippen LogP contribution in [0.4, 0.5) is 0 Å². The van der Waals surface area contributed by atoms with Crippen LogP contribution in [0, 0.1) is 0 Å². The van der Waals surface area contributed by atoms with Crippen molar-refractivity contribution >= 4 is 32.8 Å². The number of carbonyl (C=O) groups is 1. The lowest BCUT2D eigenvalue weighted by Crippen LogP contribution is -2.24. The molecule has 0 fully saturated rings. The van der Waals surface area contributed by atoms with Crippen molar-refractivity contribution in [2.75, 3.05) is 6.54 Å². The van der Waals surface area contributed by atoms with E-state index >= 15 is 0 Å². The molecule has 2 N–H and O–H groups in total. The Morgan fingerprint density at radius 1 is 1.09 bits per heavy atom. The van der Waals surface area contributed by atoms with Crippen LogP contribution in [-0.4, -0.2) is 36.3 Å². The Kier molecular flexibility index (Phi) is 6.55. The fraction of sp³-hybridized carbons (Fsp3) is 0.348. The number of aliphatic imine (C=N–C) groups is 1. The number of fused-ring (bicyclic) bond motifs is 2. The van der Waals surface area contributed by atoms with Crippen molar-refractivity contribution in [1.82, 2.24) is 19.6 Å². The Hall–Kier alpha value is -3.20. The number of nitrogens with one attached hydrogen (secondary N) is 2. The average molecular weight is 454 g/mol. The van der Waals surface area contributed by atoms with Gasteiger partial charge in [-0.2, -0.15) is 0 Å². The second-order valence-corrected chi connectivity index (χ2v) is 9.33. The molecule has 8 nitrogen and oxygen atoms in total. The van der Waals surface area contributed by atoms with E-state index in [1.807, 2.05) is 24.3 Å². The van der Waals surface area contributed by atoms with Crippen LogP contribution in [0.25, 0.3) is 11.0 Å². The summed E-state index contributed by atoms with van der Waals surface area (Å²) in [5.74, 6) is 1.26. The Morgan fingerprint density at radius 2 is 1.88 bits per heavy atom. The number of rotatable bonds is 9. The molecule has 168 valence electrons. The number of nitrogens with zero attached hydrogens (tertiary/aromatic N) is 3. The highest BCUT2D eigenvalue weighted by Gasteiger charge is 2.29. The molecule has 0 saturated carbocycles. The third-order valence-electron chi connectivity index (χ3n) is 5.49. The van der Waals surface area contributed by atoms with E-state index in [9.17, 15) is 13.2 Å². The van der Waals surface area contributed by atoms with Crippen LogP contribution < -0.4 is 10.0 Å². The molecule has 0 aliphatic carbocycles. The van der Waals surface area contributed by atoms with E-state index in [1.165, 1.54) is 0 Å². The van der Waals surface area contributed by atoms with Gasteiger partial charge in [-0.25, -0.2) is 13.4 Å². The van der Waals surface area contributed by atoms with E-state index < -0.39 is 10.0 Å². The van der Waals surface area contributed by atoms with E-state index in [1.54, 1.807) is 24.3 Å². The van der Waals surface area contributed by atoms with Crippen LogP contribution in [-0.2, 0) is 27.9 Å². The van der Waals surface area contributed by atoms with Crippen molar-refractivity contribution < 1.29 is 13.2 Å². The molecule has 1 aromatic heterocycles. The van der Waals surface area contributed by atoms with Gasteiger partial charge in [-0.15, -0.1) is 0 Å². The van der Waals surface area contributed by atoms with Crippen LogP contribution in [0.3, 0.4) is 0 Å². The summed E-state index contributed by atoms with van der Waals surface area (Å²) in [4.78, 5) is 21.5. The lowest BCUT2D eigenvalue weighted by molar-refractivity contribution is -0.121. The number of amides is 1. The van der Waals surface area contributed by atoms with Crippen LogP contribution in [0.5, 0.6) is 0 Å². The molecule has 1 amide bonds. The minimum atomic E-state index is -3.50. The number of amidine groups is 1. The van der Waals surface area contributed by atoms with Gasteiger partial charge in [-0.3, -0.25) is 14.5 Å². The van der Waals surface area contributed by atoms with E-state index in [2.05, 4.69) is 31.5 Å². The van der Waals surface area contributed by atoms with Crippen molar-refractivity contribution in [2.45, 2.75) is 50.6 Å². The van der Waals surface area contributed by atoms with Crippen molar-refractivity contribution in [2.24, 2.45) is 4.99 Å². The highest BCUT2D eigenvalue weighted by Crippen LogP contribution is 2.22. The summed E-state index contributed by atoms with van der Waals surface area (Å²) in [6.07, 6.45) is 2.82. The van der Waals surface area contributed by atoms with Crippen LogP contribution in [0.15, 0.2) is 58.4 Å². The first-order valence-electron chi connectivity index (χ1n) is 10.9. The monoisotopic (exact) mass is 453 g/mol. The Morgan fingerprint density at radius 3 is 2.72 bits per heavy atom. The van der Waals surface area contributed by atoms with Gasteiger partial charge >= 0.3 is 0 Å². The van der Waals surface area contributed by atoms with E-state index in [-0.39, 0.29) is 10.8 Å². The summed E-state index contributed by atoms with van der Waals surface area (Å²) in [7, 11) is -3.50. The standard InChI is InChI=1S/C23H27N5O3S/c1-2-28-19-12-7-6-11-18(19)26-21(28)16-25-22(29)14-4-3-9-15-24-23-17-10-5-8-13-20(17)32(30,31)27-23/h5-8,10-13H,2-4,9,14-16H2,1H3,(H,24,27)(H,25,29). The van der Waals surface area contributed by atoms with Gasteiger partial charge in [0, 0.05) is 25.1 Å². The van der Waals surface area contributed by atoms with Crippen LogP contribution >= 0.6 is 0 Å². The zero-order valence-electron chi connectivity index (χ0n) is 18.0. The lowest BCUT2D eigenvalue weighted by Gasteiger charge is -2.08. The fourth-order valence-electron chi connectivity index (χ4n) is 3.90. The molecular formula is C23H27N5O3S. The molecule has 9 heteroatoms. The first-order valence-corrected chi connectivity index (χ1v) is 12.4. The van der Waals surface area contributed by atoms with Gasteiger partial charge in [-0.05, 0) is 44.0 Å².